The molecule has 4 atom stereocenters. The highest BCUT2D eigenvalue weighted by molar-refractivity contribution is 5.69. The van der Waals surface area contributed by atoms with Gasteiger partial charge in [-0.05, 0) is 101 Å². The molecular formula is C48H95NO6. The second-order valence-electron chi connectivity index (χ2n) is 17.5. The van der Waals surface area contributed by atoms with Gasteiger partial charge in [-0.15, -0.1) is 0 Å². The monoisotopic (exact) mass is 782 g/mol. The summed E-state index contributed by atoms with van der Waals surface area (Å²) in [6, 6.07) is 0. The molecule has 0 spiro atoms. The molecule has 7 heteroatoms. The van der Waals surface area contributed by atoms with Crippen LogP contribution in [-0.2, 0) is 19.1 Å². The molecule has 0 rings (SSSR count). The van der Waals surface area contributed by atoms with E-state index in [1.165, 1.54) is 89.9 Å². The van der Waals surface area contributed by atoms with Crippen molar-refractivity contribution in [1.29, 1.82) is 0 Å². The van der Waals surface area contributed by atoms with Crippen LogP contribution in [0.4, 0.5) is 0 Å². The SMILES string of the molecule is CCCCCCCC(CCCCC)CCOC(=O)CCCCC(O)CN(CCCCCO)CCCCCCC(=O)OC(CCC(CC)CCCC)CC(C)C. The molecule has 4 unspecified atom stereocenters. The maximum atomic E-state index is 12.8. The molecule has 55 heavy (non-hydrogen) atoms. The minimum absolute atomic E-state index is 0.0379. The summed E-state index contributed by atoms with van der Waals surface area (Å²) in [5, 5.41) is 20.1. The van der Waals surface area contributed by atoms with E-state index in [-0.39, 0.29) is 24.6 Å². The first kappa shape index (κ1) is 53.8. The van der Waals surface area contributed by atoms with Crippen LogP contribution in [0.1, 0.15) is 234 Å². The highest BCUT2D eigenvalue weighted by Gasteiger charge is 2.19. The lowest BCUT2D eigenvalue weighted by atomic mass is 9.91. The van der Waals surface area contributed by atoms with Crippen LogP contribution in [0.15, 0.2) is 0 Å². The molecule has 0 fully saturated rings. The van der Waals surface area contributed by atoms with E-state index >= 15 is 0 Å². The summed E-state index contributed by atoms with van der Waals surface area (Å²) in [5.41, 5.74) is 0. The van der Waals surface area contributed by atoms with Crippen LogP contribution in [-0.4, -0.2) is 72.1 Å². The Morgan fingerprint density at radius 3 is 1.76 bits per heavy atom. The average molecular weight is 782 g/mol. The molecule has 0 heterocycles. The number of unbranched alkanes of at least 4 members (excludes halogenated alkanes) is 13. The van der Waals surface area contributed by atoms with Gasteiger partial charge in [-0.2, -0.15) is 0 Å². The van der Waals surface area contributed by atoms with E-state index in [1.807, 2.05) is 0 Å². The fourth-order valence-corrected chi connectivity index (χ4v) is 7.94. The maximum Gasteiger partial charge on any atom is 0.306 e. The van der Waals surface area contributed by atoms with Crippen molar-refractivity contribution in [1.82, 2.24) is 4.90 Å². The molecule has 0 radical (unpaired) electrons. The molecule has 0 aromatic carbocycles. The van der Waals surface area contributed by atoms with Crippen LogP contribution in [0, 0.1) is 17.8 Å². The summed E-state index contributed by atoms with van der Waals surface area (Å²) >= 11 is 0. The summed E-state index contributed by atoms with van der Waals surface area (Å²) in [6.07, 6.45) is 31.6. The largest absolute Gasteiger partial charge is 0.466 e. The first-order chi connectivity index (χ1) is 26.7. The van der Waals surface area contributed by atoms with E-state index in [1.54, 1.807) is 0 Å². The smallest absolute Gasteiger partial charge is 0.306 e. The molecule has 0 aliphatic heterocycles. The fraction of sp³-hybridized carbons (Fsp3) is 0.958. The number of rotatable bonds is 42. The van der Waals surface area contributed by atoms with Crippen molar-refractivity contribution in [2.75, 3.05) is 32.8 Å². The number of ether oxygens (including phenoxy) is 2. The fourth-order valence-electron chi connectivity index (χ4n) is 7.94. The van der Waals surface area contributed by atoms with Gasteiger partial charge in [0, 0.05) is 26.0 Å². The first-order valence-electron chi connectivity index (χ1n) is 24.0. The number of aliphatic hydroxyl groups excluding tert-OH is 2. The minimum atomic E-state index is -0.414. The van der Waals surface area contributed by atoms with E-state index in [2.05, 4.69) is 46.4 Å². The average Bonchev–Trinajstić information content (AvgIpc) is 3.15. The van der Waals surface area contributed by atoms with E-state index < -0.39 is 6.10 Å². The van der Waals surface area contributed by atoms with Crippen LogP contribution in [0.25, 0.3) is 0 Å². The van der Waals surface area contributed by atoms with Crippen molar-refractivity contribution in [2.45, 2.75) is 246 Å². The summed E-state index contributed by atoms with van der Waals surface area (Å²) in [4.78, 5) is 27.6. The molecule has 0 aliphatic rings. The van der Waals surface area contributed by atoms with Gasteiger partial charge in [0.05, 0.1) is 12.7 Å². The number of carbonyl (C=O) groups excluding carboxylic acids is 2. The highest BCUT2D eigenvalue weighted by Crippen LogP contribution is 2.24. The van der Waals surface area contributed by atoms with Crippen LogP contribution < -0.4 is 0 Å². The normalized spacial score (nSPS) is 14.0. The topological polar surface area (TPSA) is 96.3 Å². The number of hydrogen-bond acceptors (Lipinski definition) is 7. The Bertz CT molecular complexity index is 837. The van der Waals surface area contributed by atoms with Crippen molar-refractivity contribution in [3.05, 3.63) is 0 Å². The lowest BCUT2D eigenvalue weighted by Crippen LogP contribution is -2.34. The Hall–Kier alpha value is -1.18. The number of carbonyl (C=O) groups is 2. The Kier molecular flexibility index (Phi) is 38.8. The van der Waals surface area contributed by atoms with Crippen molar-refractivity contribution >= 4 is 11.9 Å². The predicted molar refractivity (Wildman–Crippen MR) is 233 cm³/mol. The highest BCUT2D eigenvalue weighted by atomic mass is 16.5. The van der Waals surface area contributed by atoms with E-state index in [0.29, 0.717) is 44.2 Å². The van der Waals surface area contributed by atoms with Crippen LogP contribution in [0.3, 0.4) is 0 Å². The molecule has 0 aromatic rings. The quantitative estimate of drug-likeness (QED) is 0.0470. The summed E-state index contributed by atoms with van der Waals surface area (Å²) in [7, 11) is 0. The van der Waals surface area contributed by atoms with Gasteiger partial charge in [-0.3, -0.25) is 9.59 Å². The number of nitrogens with zero attached hydrogens (tertiary/aromatic N) is 1. The van der Waals surface area contributed by atoms with Gasteiger partial charge in [0.25, 0.3) is 0 Å². The van der Waals surface area contributed by atoms with E-state index in [9.17, 15) is 19.8 Å². The van der Waals surface area contributed by atoms with Crippen LogP contribution >= 0.6 is 0 Å². The van der Waals surface area contributed by atoms with Crippen molar-refractivity contribution < 1.29 is 29.3 Å². The standard InChI is InChI=1S/C48H95NO6/c1-7-11-14-15-20-29-44(28-19-12-8-2)35-39-54-47(52)31-23-22-30-45(51)41-49(37-25-18-26-38-50)36-24-17-16-21-32-48(53)55-46(40-42(5)6)34-33-43(10-4)27-13-9-3/h42-46,50-51H,7-41H2,1-6H3. The van der Waals surface area contributed by atoms with Crippen LogP contribution in [0.5, 0.6) is 0 Å². The third-order valence-electron chi connectivity index (χ3n) is 11.6. The first-order valence-corrected chi connectivity index (χ1v) is 24.0. The van der Waals surface area contributed by atoms with E-state index in [4.69, 9.17) is 9.47 Å². The van der Waals surface area contributed by atoms with Gasteiger partial charge < -0.3 is 24.6 Å². The summed E-state index contributed by atoms with van der Waals surface area (Å²) in [5.74, 6) is 1.79. The van der Waals surface area contributed by atoms with Gasteiger partial charge >= 0.3 is 11.9 Å². The van der Waals surface area contributed by atoms with Crippen molar-refractivity contribution in [2.24, 2.45) is 17.8 Å². The minimum Gasteiger partial charge on any atom is -0.466 e. The zero-order chi connectivity index (χ0) is 40.8. The Morgan fingerprint density at radius 1 is 0.564 bits per heavy atom. The number of hydrogen-bond donors (Lipinski definition) is 2. The number of esters is 2. The van der Waals surface area contributed by atoms with Gasteiger partial charge in [-0.25, -0.2) is 0 Å². The van der Waals surface area contributed by atoms with Crippen LogP contribution in [0.2, 0.25) is 0 Å². The zero-order valence-electron chi connectivity index (χ0n) is 37.6. The van der Waals surface area contributed by atoms with E-state index in [0.717, 1.165) is 102 Å². The van der Waals surface area contributed by atoms with Gasteiger partial charge in [-0.1, -0.05) is 151 Å². The molecule has 2 N–H and O–H groups in total. The zero-order valence-corrected chi connectivity index (χ0v) is 37.6. The Balaban J connectivity index is 4.48. The second kappa shape index (κ2) is 39.6. The summed E-state index contributed by atoms with van der Waals surface area (Å²) < 4.78 is 11.7. The molecule has 7 nitrogen and oxygen atoms in total. The van der Waals surface area contributed by atoms with Gasteiger partial charge in [0.2, 0.25) is 0 Å². The lowest BCUT2D eigenvalue weighted by Gasteiger charge is -2.25. The molecule has 0 saturated carbocycles. The molecule has 328 valence electrons. The third kappa shape index (κ3) is 35.7. The van der Waals surface area contributed by atoms with Crippen molar-refractivity contribution in [3.8, 4) is 0 Å². The van der Waals surface area contributed by atoms with Gasteiger partial charge in [0.15, 0.2) is 0 Å². The van der Waals surface area contributed by atoms with Gasteiger partial charge in [0.1, 0.15) is 6.10 Å². The molecular weight excluding hydrogens is 687 g/mol. The lowest BCUT2D eigenvalue weighted by molar-refractivity contribution is -0.150. The van der Waals surface area contributed by atoms with Crippen molar-refractivity contribution in [3.63, 3.8) is 0 Å². The Labute approximate surface area is 342 Å². The third-order valence-corrected chi connectivity index (χ3v) is 11.6. The maximum absolute atomic E-state index is 12.8. The molecule has 0 amide bonds. The molecule has 0 saturated heterocycles. The predicted octanol–water partition coefficient (Wildman–Crippen LogP) is 12.8. The summed E-state index contributed by atoms with van der Waals surface area (Å²) in [6.45, 7) is 16.7. The molecule has 0 bridgehead atoms. The molecule has 0 aliphatic carbocycles. The molecule has 0 aromatic heterocycles. The Morgan fingerprint density at radius 2 is 1.11 bits per heavy atom. The second-order valence-corrected chi connectivity index (χ2v) is 17.5. The number of aliphatic hydroxyl groups is 2.